The molecule has 0 amide bonds. The molecule has 0 bridgehead atoms. The van der Waals surface area contributed by atoms with Gasteiger partial charge in [0.25, 0.3) is 0 Å². The second-order valence-electron chi connectivity index (χ2n) is 3.68. The molecular weight excluding hydrogens is 182 g/mol. The van der Waals surface area contributed by atoms with E-state index >= 15 is 0 Å². The molecular formula is C9H15N3O2. The predicted molar refractivity (Wildman–Crippen MR) is 51.6 cm³/mol. The van der Waals surface area contributed by atoms with E-state index in [9.17, 15) is 4.79 Å². The minimum atomic E-state index is -1.03. The first kappa shape index (κ1) is 10.7. The van der Waals surface area contributed by atoms with E-state index < -0.39 is 12.0 Å². The molecule has 1 aromatic rings. The van der Waals surface area contributed by atoms with Gasteiger partial charge in [-0.3, -0.25) is 4.79 Å². The standard InChI is InChI=1S/C9H15N3O2/c1-6(2)4-12-5-11-3-7(12)8(10)9(13)14/h3,5-6,8H,4,10H2,1-2H3,(H,13,14). The van der Waals surface area contributed by atoms with Crippen molar-refractivity contribution in [1.29, 1.82) is 0 Å². The van der Waals surface area contributed by atoms with Crippen molar-refractivity contribution in [3.8, 4) is 0 Å². The van der Waals surface area contributed by atoms with Gasteiger partial charge in [-0.05, 0) is 5.92 Å². The van der Waals surface area contributed by atoms with Crippen molar-refractivity contribution in [3.63, 3.8) is 0 Å². The molecule has 0 aromatic carbocycles. The highest BCUT2D eigenvalue weighted by molar-refractivity contribution is 5.74. The molecule has 0 radical (unpaired) electrons. The lowest BCUT2D eigenvalue weighted by Gasteiger charge is -2.12. The van der Waals surface area contributed by atoms with Gasteiger partial charge in [-0.1, -0.05) is 13.8 Å². The summed E-state index contributed by atoms with van der Waals surface area (Å²) < 4.78 is 1.78. The fourth-order valence-corrected chi connectivity index (χ4v) is 1.26. The molecule has 0 saturated carbocycles. The van der Waals surface area contributed by atoms with E-state index in [2.05, 4.69) is 18.8 Å². The first-order chi connectivity index (χ1) is 6.52. The maximum Gasteiger partial charge on any atom is 0.326 e. The summed E-state index contributed by atoms with van der Waals surface area (Å²) >= 11 is 0. The Bertz CT molecular complexity index is 320. The van der Waals surface area contributed by atoms with Crippen LogP contribution in [-0.4, -0.2) is 20.6 Å². The summed E-state index contributed by atoms with van der Waals surface area (Å²) in [6.45, 7) is 4.84. The first-order valence-corrected chi connectivity index (χ1v) is 4.50. The van der Waals surface area contributed by atoms with Crippen LogP contribution in [0.25, 0.3) is 0 Å². The molecule has 0 fully saturated rings. The van der Waals surface area contributed by atoms with Gasteiger partial charge in [0.05, 0.1) is 18.2 Å². The van der Waals surface area contributed by atoms with E-state index in [1.165, 1.54) is 6.20 Å². The Morgan fingerprint density at radius 3 is 2.86 bits per heavy atom. The van der Waals surface area contributed by atoms with Crippen LogP contribution in [0.2, 0.25) is 0 Å². The summed E-state index contributed by atoms with van der Waals surface area (Å²) in [5.41, 5.74) is 6.05. The van der Waals surface area contributed by atoms with Crippen molar-refractivity contribution < 1.29 is 9.90 Å². The summed E-state index contributed by atoms with van der Waals surface area (Å²) in [5, 5.41) is 8.75. The van der Waals surface area contributed by atoms with E-state index in [0.717, 1.165) is 6.54 Å². The molecule has 78 valence electrons. The number of imidazole rings is 1. The second kappa shape index (κ2) is 4.23. The van der Waals surface area contributed by atoms with Crippen LogP contribution in [0.15, 0.2) is 12.5 Å². The normalized spacial score (nSPS) is 13.1. The number of carboxylic acid groups (broad SMARTS) is 1. The molecule has 14 heavy (non-hydrogen) atoms. The minimum absolute atomic E-state index is 0.434. The van der Waals surface area contributed by atoms with Gasteiger partial charge in [-0.25, -0.2) is 4.98 Å². The van der Waals surface area contributed by atoms with Crippen molar-refractivity contribution in [3.05, 3.63) is 18.2 Å². The molecule has 1 rings (SSSR count). The minimum Gasteiger partial charge on any atom is -0.480 e. The zero-order chi connectivity index (χ0) is 10.7. The van der Waals surface area contributed by atoms with Crippen LogP contribution in [-0.2, 0) is 11.3 Å². The highest BCUT2D eigenvalue weighted by atomic mass is 16.4. The van der Waals surface area contributed by atoms with Gasteiger partial charge in [0.2, 0.25) is 0 Å². The number of aromatic nitrogens is 2. The Morgan fingerprint density at radius 1 is 1.71 bits per heavy atom. The quantitative estimate of drug-likeness (QED) is 0.741. The van der Waals surface area contributed by atoms with Crippen LogP contribution in [0.5, 0.6) is 0 Å². The Kier molecular flexibility index (Phi) is 3.24. The molecule has 5 heteroatoms. The van der Waals surface area contributed by atoms with E-state index in [1.807, 2.05) is 0 Å². The van der Waals surface area contributed by atoms with Gasteiger partial charge in [0, 0.05) is 6.54 Å². The SMILES string of the molecule is CC(C)Cn1cncc1C(N)C(=O)O. The summed E-state index contributed by atoms with van der Waals surface area (Å²) in [6, 6.07) is -0.990. The van der Waals surface area contributed by atoms with Gasteiger partial charge >= 0.3 is 5.97 Å². The van der Waals surface area contributed by atoms with Crippen LogP contribution in [0.3, 0.4) is 0 Å². The van der Waals surface area contributed by atoms with E-state index in [1.54, 1.807) is 10.9 Å². The molecule has 1 unspecified atom stereocenters. The number of nitrogens with zero attached hydrogens (tertiary/aromatic N) is 2. The molecule has 0 aliphatic heterocycles. The largest absolute Gasteiger partial charge is 0.480 e. The Morgan fingerprint density at radius 2 is 2.36 bits per heavy atom. The first-order valence-electron chi connectivity index (χ1n) is 4.50. The van der Waals surface area contributed by atoms with Gasteiger partial charge in [0.1, 0.15) is 6.04 Å². The van der Waals surface area contributed by atoms with Crippen molar-refractivity contribution in [2.45, 2.75) is 26.4 Å². The molecule has 1 atom stereocenters. The predicted octanol–water partition coefficient (Wildman–Crippen LogP) is 0.623. The number of carbonyl (C=O) groups is 1. The van der Waals surface area contributed by atoms with Gasteiger partial charge in [-0.15, -0.1) is 0 Å². The molecule has 1 aromatic heterocycles. The maximum atomic E-state index is 10.7. The van der Waals surface area contributed by atoms with E-state index in [4.69, 9.17) is 10.8 Å². The zero-order valence-electron chi connectivity index (χ0n) is 8.34. The third-order valence-corrected chi connectivity index (χ3v) is 1.89. The van der Waals surface area contributed by atoms with Crippen LogP contribution < -0.4 is 5.73 Å². The van der Waals surface area contributed by atoms with E-state index in [-0.39, 0.29) is 0 Å². The highest BCUT2D eigenvalue weighted by Crippen LogP contribution is 2.11. The highest BCUT2D eigenvalue weighted by Gasteiger charge is 2.18. The Labute approximate surface area is 82.6 Å². The summed E-state index contributed by atoms with van der Waals surface area (Å²) in [7, 11) is 0. The monoisotopic (exact) mass is 197 g/mol. The van der Waals surface area contributed by atoms with Gasteiger partial charge < -0.3 is 15.4 Å². The fraction of sp³-hybridized carbons (Fsp3) is 0.556. The van der Waals surface area contributed by atoms with Crippen LogP contribution in [0.1, 0.15) is 25.6 Å². The number of hydrogen-bond donors (Lipinski definition) is 2. The van der Waals surface area contributed by atoms with Crippen molar-refractivity contribution >= 4 is 5.97 Å². The molecule has 0 aliphatic rings. The molecule has 0 aliphatic carbocycles. The topological polar surface area (TPSA) is 81.1 Å². The lowest BCUT2D eigenvalue weighted by atomic mass is 10.2. The van der Waals surface area contributed by atoms with Gasteiger partial charge in [0.15, 0.2) is 0 Å². The average molecular weight is 197 g/mol. The van der Waals surface area contributed by atoms with Crippen molar-refractivity contribution in [1.82, 2.24) is 9.55 Å². The molecule has 0 spiro atoms. The summed E-state index contributed by atoms with van der Waals surface area (Å²) in [6.07, 6.45) is 3.11. The number of aliphatic carboxylic acids is 1. The van der Waals surface area contributed by atoms with Crippen molar-refractivity contribution in [2.75, 3.05) is 0 Å². The van der Waals surface area contributed by atoms with Crippen LogP contribution >= 0.6 is 0 Å². The third kappa shape index (κ3) is 2.32. The Balaban J connectivity index is 2.86. The van der Waals surface area contributed by atoms with Crippen LogP contribution in [0.4, 0.5) is 0 Å². The number of hydrogen-bond acceptors (Lipinski definition) is 3. The Hall–Kier alpha value is -1.36. The molecule has 5 nitrogen and oxygen atoms in total. The maximum absolute atomic E-state index is 10.7. The average Bonchev–Trinajstić information content (AvgIpc) is 2.49. The number of carboxylic acids is 1. The molecule has 3 N–H and O–H groups in total. The number of nitrogens with two attached hydrogens (primary N) is 1. The van der Waals surface area contributed by atoms with Crippen LogP contribution in [0, 0.1) is 5.92 Å². The lowest BCUT2D eigenvalue weighted by Crippen LogP contribution is -2.24. The molecule has 0 saturated heterocycles. The van der Waals surface area contributed by atoms with Gasteiger partial charge in [-0.2, -0.15) is 0 Å². The summed E-state index contributed by atoms with van der Waals surface area (Å²) in [5.74, 6) is -0.598. The second-order valence-corrected chi connectivity index (χ2v) is 3.68. The third-order valence-electron chi connectivity index (χ3n) is 1.89. The summed E-state index contributed by atoms with van der Waals surface area (Å²) in [4.78, 5) is 14.6. The fourth-order valence-electron chi connectivity index (χ4n) is 1.26. The van der Waals surface area contributed by atoms with Crippen molar-refractivity contribution in [2.24, 2.45) is 11.7 Å². The molecule has 1 heterocycles. The number of rotatable bonds is 4. The lowest BCUT2D eigenvalue weighted by molar-refractivity contribution is -0.138. The zero-order valence-corrected chi connectivity index (χ0v) is 8.34. The smallest absolute Gasteiger partial charge is 0.326 e. The van der Waals surface area contributed by atoms with E-state index in [0.29, 0.717) is 11.6 Å².